The van der Waals surface area contributed by atoms with Crippen molar-refractivity contribution in [3.8, 4) is 16.9 Å². The van der Waals surface area contributed by atoms with Crippen LogP contribution >= 0.6 is 23.2 Å². The minimum atomic E-state index is -0.303. The van der Waals surface area contributed by atoms with E-state index in [1.165, 1.54) is 12.1 Å². The molecule has 0 amide bonds. The first-order chi connectivity index (χ1) is 9.06. The summed E-state index contributed by atoms with van der Waals surface area (Å²) < 4.78 is 19.5. The van der Waals surface area contributed by atoms with Crippen LogP contribution in [-0.2, 0) is 6.42 Å². The van der Waals surface area contributed by atoms with Gasteiger partial charge in [-0.1, -0.05) is 29.3 Å². The Morgan fingerprint density at radius 1 is 1.21 bits per heavy atom. The van der Waals surface area contributed by atoms with E-state index in [2.05, 4.69) is 0 Å². The number of hydrogen-bond donors (Lipinski definition) is 0. The van der Waals surface area contributed by atoms with Gasteiger partial charge < -0.3 is 4.74 Å². The second-order valence-corrected chi connectivity index (χ2v) is 5.49. The molecule has 0 aliphatic carbocycles. The van der Waals surface area contributed by atoms with Crippen molar-refractivity contribution >= 4 is 23.2 Å². The summed E-state index contributed by atoms with van der Waals surface area (Å²) in [5.74, 6) is 0.381. The number of rotatable bonds is 1. The highest BCUT2D eigenvalue weighted by Gasteiger charge is 2.25. The van der Waals surface area contributed by atoms with Gasteiger partial charge in [-0.15, -0.1) is 0 Å². The van der Waals surface area contributed by atoms with Gasteiger partial charge in [0.1, 0.15) is 17.7 Å². The van der Waals surface area contributed by atoms with Crippen molar-refractivity contribution in [2.75, 3.05) is 0 Å². The maximum atomic E-state index is 13.8. The summed E-state index contributed by atoms with van der Waals surface area (Å²) in [5, 5.41) is 0.979. The van der Waals surface area contributed by atoms with Gasteiger partial charge >= 0.3 is 0 Å². The Morgan fingerprint density at radius 3 is 2.58 bits per heavy atom. The molecule has 1 aliphatic heterocycles. The molecule has 0 unspecified atom stereocenters. The maximum absolute atomic E-state index is 13.8. The molecule has 0 radical (unpaired) electrons. The fourth-order valence-electron chi connectivity index (χ4n) is 2.43. The van der Waals surface area contributed by atoms with Crippen LogP contribution < -0.4 is 4.74 Å². The second-order valence-electron chi connectivity index (χ2n) is 4.67. The molecule has 0 bridgehead atoms. The van der Waals surface area contributed by atoms with Gasteiger partial charge in [0.05, 0.1) is 10.0 Å². The molecule has 1 nitrogen and oxygen atoms in total. The predicted molar refractivity (Wildman–Crippen MR) is 75.7 cm³/mol. The predicted octanol–water partition coefficient (Wildman–Crippen LogP) is 5.12. The maximum Gasteiger partial charge on any atom is 0.131 e. The third kappa shape index (κ3) is 2.19. The average molecular weight is 297 g/mol. The van der Waals surface area contributed by atoms with Gasteiger partial charge in [0.15, 0.2) is 0 Å². The van der Waals surface area contributed by atoms with Gasteiger partial charge in [0, 0.05) is 23.1 Å². The van der Waals surface area contributed by atoms with E-state index in [4.69, 9.17) is 27.9 Å². The van der Waals surface area contributed by atoms with E-state index in [1.54, 1.807) is 18.2 Å². The van der Waals surface area contributed by atoms with Gasteiger partial charge in [-0.2, -0.15) is 0 Å². The zero-order valence-corrected chi connectivity index (χ0v) is 11.7. The summed E-state index contributed by atoms with van der Waals surface area (Å²) in [6, 6.07) is 8.16. The van der Waals surface area contributed by atoms with E-state index in [1.807, 2.05) is 6.92 Å². The fourth-order valence-corrected chi connectivity index (χ4v) is 3.04. The third-order valence-corrected chi connectivity index (χ3v) is 3.82. The highest BCUT2D eigenvalue weighted by Crippen LogP contribution is 2.44. The molecule has 1 atom stereocenters. The van der Waals surface area contributed by atoms with Crippen molar-refractivity contribution in [2.45, 2.75) is 19.4 Å². The first-order valence-corrected chi connectivity index (χ1v) is 6.75. The molecule has 0 saturated heterocycles. The van der Waals surface area contributed by atoms with E-state index in [0.717, 1.165) is 5.56 Å². The van der Waals surface area contributed by atoms with Crippen molar-refractivity contribution in [3.63, 3.8) is 0 Å². The molecule has 1 aliphatic rings. The summed E-state index contributed by atoms with van der Waals surface area (Å²) >= 11 is 12.4. The first kappa shape index (κ1) is 12.8. The Kier molecular flexibility index (Phi) is 3.15. The summed E-state index contributed by atoms with van der Waals surface area (Å²) in [6.07, 6.45) is 0.735. The zero-order valence-electron chi connectivity index (χ0n) is 10.2. The number of hydrogen-bond acceptors (Lipinski definition) is 1. The molecule has 2 aromatic carbocycles. The van der Waals surface area contributed by atoms with E-state index in [9.17, 15) is 4.39 Å². The summed E-state index contributed by atoms with van der Waals surface area (Å²) in [4.78, 5) is 0. The van der Waals surface area contributed by atoms with Crippen LogP contribution in [-0.4, -0.2) is 6.10 Å². The van der Waals surface area contributed by atoms with Gasteiger partial charge in [-0.25, -0.2) is 4.39 Å². The summed E-state index contributed by atoms with van der Waals surface area (Å²) in [5.41, 5.74) is 2.10. The minimum Gasteiger partial charge on any atom is -0.489 e. The summed E-state index contributed by atoms with van der Waals surface area (Å²) in [7, 11) is 0. The Bertz CT molecular complexity index is 635. The lowest BCUT2D eigenvalue weighted by Crippen LogP contribution is -2.05. The van der Waals surface area contributed by atoms with Gasteiger partial charge in [0.2, 0.25) is 0 Å². The van der Waals surface area contributed by atoms with Gasteiger partial charge in [-0.05, 0) is 31.2 Å². The van der Waals surface area contributed by atoms with Crippen LogP contribution in [0.1, 0.15) is 12.5 Å². The van der Waals surface area contributed by atoms with Crippen molar-refractivity contribution in [1.82, 2.24) is 0 Å². The lowest BCUT2D eigenvalue weighted by atomic mass is 10.00. The standard InChI is InChI=1S/C15H11Cl2FO/c1-8-5-9-6-10(18)7-11(15(9)19-8)14-12(16)3-2-4-13(14)17/h2-4,6-8H,5H2,1H3/t8-/m1/s1. The molecule has 0 spiro atoms. The van der Waals surface area contributed by atoms with Crippen LogP contribution in [0.25, 0.3) is 11.1 Å². The lowest BCUT2D eigenvalue weighted by molar-refractivity contribution is 0.255. The number of ether oxygens (including phenoxy) is 1. The van der Waals surface area contributed by atoms with Crippen molar-refractivity contribution in [1.29, 1.82) is 0 Å². The molecule has 3 rings (SSSR count). The topological polar surface area (TPSA) is 9.23 Å². The Hall–Kier alpha value is -1.25. The quantitative estimate of drug-likeness (QED) is 0.709. The fraction of sp³-hybridized carbons (Fsp3) is 0.200. The Morgan fingerprint density at radius 2 is 1.89 bits per heavy atom. The summed E-state index contributed by atoms with van der Waals surface area (Å²) in [6.45, 7) is 1.95. The van der Waals surface area contributed by atoms with Crippen LogP contribution in [0.4, 0.5) is 4.39 Å². The molecule has 0 fully saturated rings. The molecule has 4 heteroatoms. The van der Waals surface area contributed by atoms with E-state index in [0.29, 0.717) is 33.3 Å². The molecule has 0 aromatic heterocycles. The first-order valence-electron chi connectivity index (χ1n) is 5.99. The molecular formula is C15H11Cl2FO. The van der Waals surface area contributed by atoms with Crippen LogP contribution in [0.3, 0.4) is 0 Å². The van der Waals surface area contributed by atoms with Gasteiger partial charge in [-0.3, -0.25) is 0 Å². The molecule has 98 valence electrons. The monoisotopic (exact) mass is 296 g/mol. The Balaban J connectivity index is 2.27. The largest absolute Gasteiger partial charge is 0.489 e. The minimum absolute atomic E-state index is 0.0387. The average Bonchev–Trinajstić information content (AvgIpc) is 2.69. The second kappa shape index (κ2) is 4.69. The van der Waals surface area contributed by atoms with Crippen LogP contribution in [0.15, 0.2) is 30.3 Å². The molecule has 2 aromatic rings. The van der Waals surface area contributed by atoms with Crippen LogP contribution in [0, 0.1) is 5.82 Å². The third-order valence-electron chi connectivity index (χ3n) is 3.19. The molecule has 0 saturated carbocycles. The highest BCUT2D eigenvalue weighted by atomic mass is 35.5. The van der Waals surface area contributed by atoms with Crippen molar-refractivity contribution < 1.29 is 9.13 Å². The van der Waals surface area contributed by atoms with E-state index >= 15 is 0 Å². The van der Waals surface area contributed by atoms with Crippen molar-refractivity contribution in [2.24, 2.45) is 0 Å². The highest BCUT2D eigenvalue weighted by molar-refractivity contribution is 6.39. The Labute approximate surface area is 120 Å². The van der Waals surface area contributed by atoms with Crippen LogP contribution in [0.2, 0.25) is 10.0 Å². The number of benzene rings is 2. The lowest BCUT2D eigenvalue weighted by Gasteiger charge is -2.12. The molecule has 1 heterocycles. The molecular weight excluding hydrogens is 286 g/mol. The number of halogens is 3. The SMILES string of the molecule is C[C@@H]1Cc2cc(F)cc(-c3c(Cl)cccc3Cl)c2O1. The number of fused-ring (bicyclic) bond motifs is 1. The molecule has 0 N–H and O–H groups in total. The van der Waals surface area contributed by atoms with Gasteiger partial charge in [0.25, 0.3) is 0 Å². The van der Waals surface area contributed by atoms with E-state index < -0.39 is 0 Å². The van der Waals surface area contributed by atoms with E-state index in [-0.39, 0.29) is 11.9 Å². The normalized spacial score (nSPS) is 17.2. The molecule has 19 heavy (non-hydrogen) atoms. The zero-order chi connectivity index (χ0) is 13.6. The van der Waals surface area contributed by atoms with Crippen LogP contribution in [0.5, 0.6) is 5.75 Å². The van der Waals surface area contributed by atoms with Crippen molar-refractivity contribution in [3.05, 3.63) is 51.8 Å². The smallest absolute Gasteiger partial charge is 0.131 e.